The molecule has 84 valence electrons. The SMILES string of the molecule is C=CCCNCc1cn[nH]c1-c1cccs1. The monoisotopic (exact) mass is 233 g/mol. The lowest BCUT2D eigenvalue weighted by Crippen LogP contribution is -2.14. The van der Waals surface area contributed by atoms with Gasteiger partial charge in [-0.3, -0.25) is 5.10 Å². The number of hydrogen-bond donors (Lipinski definition) is 2. The molecule has 0 amide bonds. The van der Waals surface area contributed by atoms with Crippen LogP contribution in [0.5, 0.6) is 0 Å². The first kappa shape index (κ1) is 11.1. The van der Waals surface area contributed by atoms with Crippen LogP contribution in [0.4, 0.5) is 0 Å². The van der Waals surface area contributed by atoms with E-state index in [1.165, 1.54) is 10.4 Å². The van der Waals surface area contributed by atoms with E-state index in [0.29, 0.717) is 0 Å². The topological polar surface area (TPSA) is 40.7 Å². The molecular weight excluding hydrogens is 218 g/mol. The Bertz CT molecular complexity index is 431. The highest BCUT2D eigenvalue weighted by atomic mass is 32.1. The van der Waals surface area contributed by atoms with E-state index >= 15 is 0 Å². The average Bonchev–Trinajstić information content (AvgIpc) is 2.94. The molecule has 0 aliphatic heterocycles. The largest absolute Gasteiger partial charge is 0.312 e. The zero-order valence-corrected chi connectivity index (χ0v) is 9.89. The standard InChI is InChI=1S/C12H15N3S/c1-2-3-6-13-8-10-9-14-15-12(10)11-5-4-7-16-11/h2,4-5,7,9,13H,1,3,6,8H2,(H,14,15). The molecule has 0 unspecified atom stereocenters. The van der Waals surface area contributed by atoms with Crippen LogP contribution in [0.3, 0.4) is 0 Å². The van der Waals surface area contributed by atoms with E-state index in [9.17, 15) is 0 Å². The fourth-order valence-corrected chi connectivity index (χ4v) is 2.26. The molecule has 0 spiro atoms. The van der Waals surface area contributed by atoms with Gasteiger partial charge in [-0.1, -0.05) is 12.1 Å². The van der Waals surface area contributed by atoms with Gasteiger partial charge in [0.2, 0.25) is 0 Å². The molecular formula is C12H15N3S. The summed E-state index contributed by atoms with van der Waals surface area (Å²) in [5, 5.41) is 12.6. The fraction of sp³-hybridized carbons (Fsp3) is 0.250. The number of hydrogen-bond acceptors (Lipinski definition) is 3. The van der Waals surface area contributed by atoms with Crippen molar-refractivity contribution in [3.05, 3.63) is 41.9 Å². The van der Waals surface area contributed by atoms with Crippen molar-refractivity contribution in [1.82, 2.24) is 15.5 Å². The molecule has 2 N–H and O–H groups in total. The van der Waals surface area contributed by atoms with E-state index in [0.717, 1.165) is 25.2 Å². The Kier molecular flexibility index (Phi) is 3.91. The zero-order chi connectivity index (χ0) is 11.2. The Balaban J connectivity index is 2.00. The van der Waals surface area contributed by atoms with Gasteiger partial charge in [0.15, 0.2) is 0 Å². The number of nitrogens with zero attached hydrogens (tertiary/aromatic N) is 1. The fourth-order valence-electron chi connectivity index (χ4n) is 1.51. The molecule has 0 aliphatic rings. The van der Waals surface area contributed by atoms with Crippen molar-refractivity contribution < 1.29 is 0 Å². The van der Waals surface area contributed by atoms with Crippen molar-refractivity contribution in [3.8, 4) is 10.6 Å². The molecule has 3 nitrogen and oxygen atoms in total. The Hall–Kier alpha value is -1.39. The third-order valence-corrected chi connectivity index (χ3v) is 3.21. The number of nitrogens with one attached hydrogen (secondary N) is 2. The molecule has 0 aliphatic carbocycles. The summed E-state index contributed by atoms with van der Waals surface area (Å²) in [5.41, 5.74) is 2.34. The molecule has 0 saturated heterocycles. The van der Waals surface area contributed by atoms with Crippen molar-refractivity contribution in [2.24, 2.45) is 0 Å². The first-order valence-electron chi connectivity index (χ1n) is 5.29. The Labute approximate surface area is 99.2 Å². The summed E-state index contributed by atoms with van der Waals surface area (Å²) in [7, 11) is 0. The molecule has 0 radical (unpaired) electrons. The van der Waals surface area contributed by atoms with Crippen molar-refractivity contribution in [3.63, 3.8) is 0 Å². The lowest BCUT2D eigenvalue weighted by Gasteiger charge is -2.02. The van der Waals surface area contributed by atoms with E-state index in [-0.39, 0.29) is 0 Å². The third-order valence-electron chi connectivity index (χ3n) is 2.33. The van der Waals surface area contributed by atoms with Crippen molar-refractivity contribution in [1.29, 1.82) is 0 Å². The quantitative estimate of drug-likeness (QED) is 0.595. The summed E-state index contributed by atoms with van der Waals surface area (Å²) in [6.45, 7) is 5.50. The predicted octanol–water partition coefficient (Wildman–Crippen LogP) is 2.80. The molecule has 0 aromatic carbocycles. The van der Waals surface area contributed by atoms with Gasteiger partial charge in [0.1, 0.15) is 0 Å². The van der Waals surface area contributed by atoms with Crippen LogP contribution in [0.1, 0.15) is 12.0 Å². The van der Waals surface area contributed by atoms with Gasteiger partial charge in [0.25, 0.3) is 0 Å². The first-order chi connectivity index (χ1) is 7.92. The van der Waals surface area contributed by atoms with Crippen LogP contribution in [0.25, 0.3) is 10.6 Å². The Morgan fingerprint density at radius 3 is 3.25 bits per heavy atom. The van der Waals surface area contributed by atoms with E-state index in [2.05, 4.69) is 39.6 Å². The van der Waals surface area contributed by atoms with E-state index in [1.54, 1.807) is 11.3 Å². The van der Waals surface area contributed by atoms with Gasteiger partial charge in [-0.05, 0) is 24.4 Å². The van der Waals surface area contributed by atoms with Gasteiger partial charge in [0.05, 0.1) is 16.8 Å². The molecule has 0 atom stereocenters. The summed E-state index contributed by atoms with van der Waals surface area (Å²) in [6, 6.07) is 4.15. The van der Waals surface area contributed by atoms with Gasteiger partial charge in [0, 0.05) is 12.1 Å². The van der Waals surface area contributed by atoms with Gasteiger partial charge in [-0.25, -0.2) is 0 Å². The summed E-state index contributed by atoms with van der Waals surface area (Å²) >= 11 is 1.72. The molecule has 0 saturated carbocycles. The first-order valence-corrected chi connectivity index (χ1v) is 6.17. The predicted molar refractivity (Wildman–Crippen MR) is 68.4 cm³/mol. The number of H-pyrrole nitrogens is 1. The molecule has 2 rings (SSSR count). The lowest BCUT2D eigenvalue weighted by atomic mass is 10.2. The molecule has 0 bridgehead atoms. The second-order valence-electron chi connectivity index (χ2n) is 3.50. The highest BCUT2D eigenvalue weighted by Crippen LogP contribution is 2.25. The number of thiophene rings is 1. The second-order valence-corrected chi connectivity index (χ2v) is 4.45. The van der Waals surface area contributed by atoms with Gasteiger partial charge >= 0.3 is 0 Å². The molecule has 16 heavy (non-hydrogen) atoms. The summed E-state index contributed by atoms with van der Waals surface area (Å²) in [6.07, 6.45) is 4.80. The van der Waals surface area contributed by atoms with Crippen LogP contribution in [0.2, 0.25) is 0 Å². The van der Waals surface area contributed by atoms with Gasteiger partial charge < -0.3 is 5.32 Å². The van der Waals surface area contributed by atoms with Crippen LogP contribution < -0.4 is 5.32 Å². The number of aromatic amines is 1. The van der Waals surface area contributed by atoms with Crippen molar-refractivity contribution in [2.45, 2.75) is 13.0 Å². The van der Waals surface area contributed by atoms with Crippen LogP contribution in [-0.2, 0) is 6.54 Å². The lowest BCUT2D eigenvalue weighted by molar-refractivity contribution is 0.697. The maximum atomic E-state index is 4.10. The van der Waals surface area contributed by atoms with Crippen LogP contribution in [0.15, 0.2) is 36.4 Å². The number of aromatic nitrogens is 2. The minimum atomic E-state index is 0.845. The highest BCUT2D eigenvalue weighted by Gasteiger charge is 2.07. The minimum Gasteiger partial charge on any atom is -0.312 e. The van der Waals surface area contributed by atoms with E-state index in [1.807, 2.05) is 12.3 Å². The maximum absolute atomic E-state index is 4.10. The summed E-state index contributed by atoms with van der Waals surface area (Å²) < 4.78 is 0. The zero-order valence-electron chi connectivity index (χ0n) is 9.07. The highest BCUT2D eigenvalue weighted by molar-refractivity contribution is 7.13. The molecule has 4 heteroatoms. The van der Waals surface area contributed by atoms with Crippen molar-refractivity contribution >= 4 is 11.3 Å². The summed E-state index contributed by atoms with van der Waals surface area (Å²) in [5.74, 6) is 0. The molecule has 0 fully saturated rings. The molecule has 2 aromatic rings. The molecule has 2 heterocycles. The number of rotatable bonds is 6. The Morgan fingerprint density at radius 1 is 1.56 bits per heavy atom. The van der Waals surface area contributed by atoms with Gasteiger partial charge in [-0.15, -0.1) is 17.9 Å². The second kappa shape index (κ2) is 5.63. The van der Waals surface area contributed by atoms with E-state index in [4.69, 9.17) is 0 Å². The van der Waals surface area contributed by atoms with Crippen molar-refractivity contribution in [2.75, 3.05) is 6.54 Å². The van der Waals surface area contributed by atoms with Crippen LogP contribution in [-0.4, -0.2) is 16.7 Å². The van der Waals surface area contributed by atoms with Gasteiger partial charge in [-0.2, -0.15) is 5.10 Å². The van der Waals surface area contributed by atoms with E-state index < -0.39 is 0 Å². The van der Waals surface area contributed by atoms with Crippen LogP contribution >= 0.6 is 11.3 Å². The molecule has 2 aromatic heterocycles. The minimum absolute atomic E-state index is 0.845. The average molecular weight is 233 g/mol. The third kappa shape index (κ3) is 2.59. The smallest absolute Gasteiger partial charge is 0.0794 e. The van der Waals surface area contributed by atoms with Crippen LogP contribution in [0, 0.1) is 0 Å². The maximum Gasteiger partial charge on any atom is 0.0794 e. The normalized spacial score (nSPS) is 10.5. The summed E-state index contributed by atoms with van der Waals surface area (Å²) in [4.78, 5) is 1.23. The Morgan fingerprint density at radius 2 is 2.50 bits per heavy atom.